The average molecular weight is 282 g/mol. The van der Waals surface area contributed by atoms with Crippen molar-refractivity contribution in [2.45, 2.75) is 20.3 Å². The highest BCUT2D eigenvalue weighted by Gasteiger charge is 2.06. The van der Waals surface area contributed by atoms with Gasteiger partial charge in [-0.25, -0.2) is 0 Å². The lowest BCUT2D eigenvalue weighted by atomic mass is 10.5. The summed E-state index contributed by atoms with van der Waals surface area (Å²) in [6.07, 6.45) is -0.0125. The highest BCUT2D eigenvalue weighted by molar-refractivity contribution is 7.80. The monoisotopic (exact) mass is 282 g/mol. The van der Waals surface area contributed by atoms with Gasteiger partial charge in [0.05, 0.1) is 6.42 Å². The summed E-state index contributed by atoms with van der Waals surface area (Å²) in [7, 11) is 0. The summed E-state index contributed by atoms with van der Waals surface area (Å²) in [6.45, 7) is 5.64. The molecule has 8 heteroatoms. The Balaban J connectivity index is 0. The van der Waals surface area contributed by atoms with E-state index in [2.05, 4.69) is 18.0 Å². The fourth-order valence-electron chi connectivity index (χ4n) is 0.799. The molecule has 0 aliphatic rings. The highest BCUT2D eigenvalue weighted by Crippen LogP contribution is 1.95. The van der Waals surface area contributed by atoms with E-state index in [0.717, 1.165) is 13.1 Å². The zero-order valence-corrected chi connectivity index (χ0v) is 11.5. The van der Waals surface area contributed by atoms with E-state index in [9.17, 15) is 4.79 Å². The van der Waals surface area contributed by atoms with Gasteiger partial charge >= 0.3 is 5.97 Å². The first-order valence-corrected chi connectivity index (χ1v) is 5.78. The highest BCUT2D eigenvalue weighted by atomic mass is 32.1. The smallest absolute Gasteiger partial charge is 0.306 e. The third kappa shape index (κ3) is 14.8. The van der Waals surface area contributed by atoms with E-state index in [-0.39, 0.29) is 13.0 Å². The predicted molar refractivity (Wildman–Crippen MR) is 73.1 cm³/mol. The van der Waals surface area contributed by atoms with Crippen molar-refractivity contribution in [2.24, 2.45) is 5.73 Å². The third-order valence-electron chi connectivity index (χ3n) is 1.56. The van der Waals surface area contributed by atoms with Crippen LogP contribution in [0, 0.1) is 0 Å². The maximum Gasteiger partial charge on any atom is 0.306 e. The number of carbonyl (C=O) groups is 1. The molecule has 0 saturated carbocycles. The molecule has 6 nitrogen and oxygen atoms in total. The second kappa shape index (κ2) is 11.3. The van der Waals surface area contributed by atoms with Crippen LogP contribution >= 0.6 is 24.4 Å². The van der Waals surface area contributed by atoms with E-state index >= 15 is 0 Å². The van der Waals surface area contributed by atoms with Gasteiger partial charge in [-0.2, -0.15) is 0 Å². The standard InChI is InChI=1S/C8H15NO3S.CH3NOS/c1-3-9(4-2)8(13)12-6-5-7(10)11;2-1(3)4/h3-6H2,1-2H3,(H,10,11);(H3,2,3,4). The Morgan fingerprint density at radius 2 is 1.71 bits per heavy atom. The fraction of sp³-hybridized carbons (Fsp3) is 0.667. The van der Waals surface area contributed by atoms with Crippen LogP contribution < -0.4 is 5.73 Å². The van der Waals surface area contributed by atoms with E-state index < -0.39 is 11.1 Å². The van der Waals surface area contributed by atoms with Crippen LogP contribution in [-0.2, 0) is 9.53 Å². The second-order valence-corrected chi connectivity index (χ2v) is 3.54. The number of aliphatic hydroxyl groups excluding tert-OH is 1. The zero-order valence-electron chi connectivity index (χ0n) is 9.88. The lowest BCUT2D eigenvalue weighted by molar-refractivity contribution is -0.137. The molecule has 17 heavy (non-hydrogen) atoms. The molecule has 0 radical (unpaired) electrons. The molecule has 0 spiro atoms. The summed E-state index contributed by atoms with van der Waals surface area (Å²) < 4.78 is 5.07. The summed E-state index contributed by atoms with van der Waals surface area (Å²) in [5, 5.41) is 15.8. The van der Waals surface area contributed by atoms with Gasteiger partial charge in [0, 0.05) is 13.1 Å². The maximum atomic E-state index is 10.2. The molecule has 0 heterocycles. The van der Waals surface area contributed by atoms with Crippen molar-refractivity contribution in [1.82, 2.24) is 4.90 Å². The summed E-state index contributed by atoms with van der Waals surface area (Å²) in [5.74, 6) is -0.873. The van der Waals surface area contributed by atoms with E-state index in [4.69, 9.17) is 27.2 Å². The van der Waals surface area contributed by atoms with Gasteiger partial charge in [-0.1, -0.05) is 0 Å². The van der Waals surface area contributed by atoms with E-state index in [1.165, 1.54) is 0 Å². The topological polar surface area (TPSA) is 96.0 Å². The van der Waals surface area contributed by atoms with Gasteiger partial charge < -0.3 is 25.6 Å². The molecule has 0 aliphatic carbocycles. The van der Waals surface area contributed by atoms with Gasteiger partial charge in [-0.15, -0.1) is 0 Å². The fourth-order valence-corrected chi connectivity index (χ4v) is 1.14. The Labute approximate surface area is 111 Å². The summed E-state index contributed by atoms with van der Waals surface area (Å²) in [6, 6.07) is 0. The van der Waals surface area contributed by atoms with Crippen LogP contribution in [0.2, 0.25) is 0 Å². The summed E-state index contributed by atoms with van der Waals surface area (Å²) in [5.41, 5.74) is 4.40. The van der Waals surface area contributed by atoms with Crippen molar-refractivity contribution >= 4 is 40.8 Å². The first kappa shape index (κ1) is 18.2. The maximum absolute atomic E-state index is 10.2. The molecule has 0 bridgehead atoms. The largest absolute Gasteiger partial charge is 0.487 e. The second-order valence-electron chi connectivity index (χ2n) is 2.77. The van der Waals surface area contributed by atoms with Crippen LogP contribution in [0.1, 0.15) is 20.3 Å². The van der Waals surface area contributed by atoms with Gasteiger partial charge in [0.2, 0.25) is 0 Å². The lowest BCUT2D eigenvalue weighted by Crippen LogP contribution is -2.31. The number of rotatable bonds is 5. The van der Waals surface area contributed by atoms with Crippen molar-refractivity contribution in [3.8, 4) is 0 Å². The molecule has 0 rings (SSSR count). The molecule has 0 unspecified atom stereocenters. The number of hydrogen-bond acceptors (Lipinski definition) is 4. The number of nitrogens with zero attached hydrogens (tertiary/aromatic N) is 1. The Bertz CT molecular complexity index is 253. The number of hydrogen-bond donors (Lipinski definition) is 3. The van der Waals surface area contributed by atoms with E-state index in [1.54, 1.807) is 0 Å². The molecule has 0 atom stereocenters. The van der Waals surface area contributed by atoms with Crippen LogP contribution in [0.15, 0.2) is 0 Å². The Morgan fingerprint density at radius 3 is 2.00 bits per heavy atom. The van der Waals surface area contributed by atoms with Gasteiger partial charge in [-0.05, 0) is 38.3 Å². The molecule has 0 saturated heterocycles. The summed E-state index contributed by atoms with van der Waals surface area (Å²) in [4.78, 5) is 12.0. The minimum Gasteiger partial charge on any atom is -0.487 e. The minimum absolute atomic E-state index is 0.0125. The quantitative estimate of drug-likeness (QED) is 0.640. The average Bonchev–Trinajstić information content (AvgIpc) is 2.18. The Hall–Kier alpha value is -1.15. The molecular formula is C9H18N2O4S2. The molecule has 0 aromatic rings. The number of carboxylic acid groups (broad SMARTS) is 1. The number of nitrogens with two attached hydrogens (primary N) is 1. The minimum atomic E-state index is -0.873. The number of carboxylic acids is 1. The van der Waals surface area contributed by atoms with Gasteiger partial charge in [0.1, 0.15) is 6.61 Å². The van der Waals surface area contributed by atoms with Crippen molar-refractivity contribution in [3.63, 3.8) is 0 Å². The van der Waals surface area contributed by atoms with Crippen molar-refractivity contribution < 1.29 is 19.7 Å². The van der Waals surface area contributed by atoms with Crippen molar-refractivity contribution in [2.75, 3.05) is 19.7 Å². The third-order valence-corrected chi connectivity index (χ3v) is 1.94. The normalized spacial score (nSPS) is 8.59. The van der Waals surface area contributed by atoms with Crippen LogP contribution in [0.4, 0.5) is 0 Å². The summed E-state index contributed by atoms with van der Waals surface area (Å²) >= 11 is 8.81. The first-order chi connectivity index (χ1) is 7.84. The van der Waals surface area contributed by atoms with Crippen molar-refractivity contribution in [3.05, 3.63) is 0 Å². The molecule has 0 aliphatic heterocycles. The SMILES string of the molecule is CCN(CC)C(=S)OCCC(=O)O.NC(O)=S. The van der Waals surface area contributed by atoms with Gasteiger partial charge in [-0.3, -0.25) is 4.79 Å². The number of aliphatic carboxylic acids is 1. The number of thiocarbonyl (C=S) groups is 2. The predicted octanol–water partition coefficient (Wildman–Crippen LogP) is 0.892. The molecule has 0 amide bonds. The van der Waals surface area contributed by atoms with Gasteiger partial charge in [0.15, 0.2) is 0 Å². The molecule has 0 fully saturated rings. The Morgan fingerprint density at radius 1 is 1.29 bits per heavy atom. The zero-order chi connectivity index (χ0) is 13.8. The van der Waals surface area contributed by atoms with E-state index in [0.29, 0.717) is 5.17 Å². The molecule has 0 aromatic heterocycles. The van der Waals surface area contributed by atoms with Crippen LogP contribution in [0.5, 0.6) is 0 Å². The van der Waals surface area contributed by atoms with E-state index in [1.807, 2.05) is 18.7 Å². The van der Waals surface area contributed by atoms with Crippen molar-refractivity contribution in [1.29, 1.82) is 0 Å². The number of ether oxygens (including phenoxy) is 1. The molecule has 0 aromatic carbocycles. The lowest BCUT2D eigenvalue weighted by Gasteiger charge is -2.20. The first-order valence-electron chi connectivity index (χ1n) is 4.96. The van der Waals surface area contributed by atoms with Crippen LogP contribution in [0.25, 0.3) is 0 Å². The Kier molecular flexibility index (Phi) is 12.2. The van der Waals surface area contributed by atoms with Crippen LogP contribution in [0.3, 0.4) is 0 Å². The van der Waals surface area contributed by atoms with Gasteiger partial charge in [0.25, 0.3) is 10.3 Å². The van der Waals surface area contributed by atoms with Crippen LogP contribution in [-0.4, -0.2) is 51.1 Å². The molecule has 100 valence electrons. The molecular weight excluding hydrogens is 264 g/mol. The molecule has 4 N–H and O–H groups in total. The number of aliphatic hydroxyl groups is 1.